The van der Waals surface area contributed by atoms with E-state index in [0.717, 1.165) is 17.0 Å². The van der Waals surface area contributed by atoms with Crippen molar-refractivity contribution in [2.24, 2.45) is 0 Å². The SMILES string of the molecule is CCC(N[C@H](C)c1ccccc1Cl)c1ccccc1F. The van der Waals surface area contributed by atoms with Gasteiger partial charge in [0.05, 0.1) is 0 Å². The number of rotatable bonds is 5. The number of nitrogens with one attached hydrogen (secondary N) is 1. The first-order valence-electron chi connectivity index (χ1n) is 6.88. The molecule has 0 aliphatic rings. The Balaban J connectivity index is 2.19. The third kappa shape index (κ3) is 3.38. The van der Waals surface area contributed by atoms with Gasteiger partial charge in [0.1, 0.15) is 5.82 Å². The lowest BCUT2D eigenvalue weighted by molar-refractivity contribution is 0.439. The lowest BCUT2D eigenvalue weighted by Crippen LogP contribution is -2.25. The molecule has 1 unspecified atom stereocenters. The predicted molar refractivity (Wildman–Crippen MR) is 82.4 cm³/mol. The molecule has 1 N–H and O–H groups in total. The second-order valence-electron chi connectivity index (χ2n) is 4.89. The van der Waals surface area contributed by atoms with Crippen LogP contribution >= 0.6 is 11.6 Å². The molecule has 1 nitrogen and oxygen atoms in total. The first-order chi connectivity index (χ1) is 9.63. The van der Waals surface area contributed by atoms with Crippen LogP contribution < -0.4 is 5.32 Å². The molecule has 3 heteroatoms. The van der Waals surface area contributed by atoms with E-state index in [4.69, 9.17) is 11.6 Å². The molecule has 0 spiro atoms. The molecule has 0 bridgehead atoms. The molecule has 0 heterocycles. The zero-order valence-corrected chi connectivity index (χ0v) is 12.5. The van der Waals surface area contributed by atoms with Crippen molar-refractivity contribution < 1.29 is 4.39 Å². The Morgan fingerprint density at radius 3 is 2.25 bits per heavy atom. The maximum Gasteiger partial charge on any atom is 0.127 e. The molecular formula is C17H19ClFN. The van der Waals surface area contributed by atoms with E-state index in [1.165, 1.54) is 6.07 Å². The van der Waals surface area contributed by atoms with Gasteiger partial charge in [0, 0.05) is 22.7 Å². The highest BCUT2D eigenvalue weighted by atomic mass is 35.5. The van der Waals surface area contributed by atoms with Crippen molar-refractivity contribution in [2.45, 2.75) is 32.4 Å². The van der Waals surface area contributed by atoms with E-state index in [-0.39, 0.29) is 17.9 Å². The van der Waals surface area contributed by atoms with Gasteiger partial charge in [0.15, 0.2) is 0 Å². The molecule has 0 aliphatic heterocycles. The lowest BCUT2D eigenvalue weighted by atomic mass is 10.0. The van der Waals surface area contributed by atoms with E-state index in [1.54, 1.807) is 6.07 Å². The molecule has 0 amide bonds. The first kappa shape index (κ1) is 15.0. The molecule has 0 fully saturated rings. The summed E-state index contributed by atoms with van der Waals surface area (Å²) in [6, 6.07) is 14.7. The summed E-state index contributed by atoms with van der Waals surface area (Å²) in [6.45, 7) is 4.09. The Labute approximate surface area is 124 Å². The van der Waals surface area contributed by atoms with E-state index in [9.17, 15) is 4.39 Å². The fraction of sp³-hybridized carbons (Fsp3) is 0.294. The third-order valence-corrected chi connectivity index (χ3v) is 3.86. The average molecular weight is 292 g/mol. The van der Waals surface area contributed by atoms with Gasteiger partial charge in [0.25, 0.3) is 0 Å². The molecule has 0 saturated heterocycles. The summed E-state index contributed by atoms with van der Waals surface area (Å²) in [5, 5.41) is 4.19. The molecule has 2 rings (SSSR count). The van der Waals surface area contributed by atoms with Crippen molar-refractivity contribution in [3.63, 3.8) is 0 Å². The molecule has 2 aromatic carbocycles. The fourth-order valence-electron chi connectivity index (χ4n) is 2.40. The molecule has 2 aromatic rings. The summed E-state index contributed by atoms with van der Waals surface area (Å²) in [4.78, 5) is 0. The van der Waals surface area contributed by atoms with E-state index in [2.05, 4.69) is 5.32 Å². The molecular weight excluding hydrogens is 273 g/mol. The Morgan fingerprint density at radius 1 is 1.05 bits per heavy atom. The van der Waals surface area contributed by atoms with E-state index in [1.807, 2.05) is 50.2 Å². The van der Waals surface area contributed by atoms with Crippen LogP contribution in [0.4, 0.5) is 4.39 Å². The average Bonchev–Trinajstić information content (AvgIpc) is 2.46. The van der Waals surface area contributed by atoms with Crippen molar-refractivity contribution in [2.75, 3.05) is 0 Å². The van der Waals surface area contributed by atoms with Crippen LogP contribution in [0.5, 0.6) is 0 Å². The largest absolute Gasteiger partial charge is 0.303 e. The van der Waals surface area contributed by atoms with E-state index in [0.29, 0.717) is 5.56 Å². The topological polar surface area (TPSA) is 12.0 Å². The van der Waals surface area contributed by atoms with Crippen LogP contribution in [-0.4, -0.2) is 0 Å². The van der Waals surface area contributed by atoms with Crippen LogP contribution in [-0.2, 0) is 0 Å². The standard InChI is InChI=1S/C17H19ClFN/c1-3-17(14-9-5-7-11-16(14)19)20-12(2)13-8-4-6-10-15(13)18/h4-12,17,20H,3H2,1-2H3/t12-,17?/m1/s1. The van der Waals surface area contributed by atoms with Crippen LogP contribution in [0.2, 0.25) is 5.02 Å². The molecule has 20 heavy (non-hydrogen) atoms. The minimum absolute atomic E-state index is 0.0255. The van der Waals surface area contributed by atoms with Crippen LogP contribution in [0.15, 0.2) is 48.5 Å². The maximum atomic E-state index is 13.9. The third-order valence-electron chi connectivity index (χ3n) is 3.51. The normalized spacial score (nSPS) is 14.0. The van der Waals surface area contributed by atoms with Crippen molar-refractivity contribution in [1.82, 2.24) is 5.32 Å². The minimum Gasteiger partial charge on any atom is -0.303 e. The second kappa shape index (κ2) is 6.87. The highest BCUT2D eigenvalue weighted by Crippen LogP contribution is 2.27. The number of benzene rings is 2. The van der Waals surface area contributed by atoms with Gasteiger partial charge in [-0.3, -0.25) is 0 Å². The van der Waals surface area contributed by atoms with Crippen molar-refractivity contribution in [3.8, 4) is 0 Å². The summed E-state index contributed by atoms with van der Waals surface area (Å²) in [6.07, 6.45) is 0.815. The van der Waals surface area contributed by atoms with Gasteiger partial charge in [0.2, 0.25) is 0 Å². The second-order valence-corrected chi connectivity index (χ2v) is 5.30. The number of halogens is 2. The Hall–Kier alpha value is -1.38. The molecule has 0 aliphatic carbocycles. The van der Waals surface area contributed by atoms with Gasteiger partial charge in [-0.2, -0.15) is 0 Å². The zero-order chi connectivity index (χ0) is 14.5. The lowest BCUT2D eigenvalue weighted by Gasteiger charge is -2.24. The Morgan fingerprint density at radius 2 is 1.65 bits per heavy atom. The summed E-state index contributed by atoms with van der Waals surface area (Å²) >= 11 is 6.21. The monoisotopic (exact) mass is 291 g/mol. The van der Waals surface area contributed by atoms with Crippen molar-refractivity contribution in [1.29, 1.82) is 0 Å². The smallest absolute Gasteiger partial charge is 0.127 e. The highest BCUT2D eigenvalue weighted by molar-refractivity contribution is 6.31. The Kier molecular flexibility index (Phi) is 5.16. The summed E-state index contributed by atoms with van der Waals surface area (Å²) in [5.41, 5.74) is 1.73. The van der Waals surface area contributed by atoms with Crippen molar-refractivity contribution >= 4 is 11.6 Å². The molecule has 0 saturated carbocycles. The van der Waals surface area contributed by atoms with Crippen LogP contribution in [0.25, 0.3) is 0 Å². The van der Waals surface area contributed by atoms with Gasteiger partial charge in [-0.05, 0) is 31.0 Å². The van der Waals surface area contributed by atoms with Gasteiger partial charge in [-0.1, -0.05) is 54.9 Å². The molecule has 2 atom stereocenters. The van der Waals surface area contributed by atoms with Crippen LogP contribution in [0.1, 0.15) is 43.5 Å². The summed E-state index contributed by atoms with van der Waals surface area (Å²) < 4.78 is 13.9. The Bertz CT molecular complexity index is 570. The zero-order valence-electron chi connectivity index (χ0n) is 11.7. The highest BCUT2D eigenvalue weighted by Gasteiger charge is 2.17. The van der Waals surface area contributed by atoms with E-state index < -0.39 is 0 Å². The quantitative estimate of drug-likeness (QED) is 0.790. The maximum absolute atomic E-state index is 13.9. The van der Waals surface area contributed by atoms with Gasteiger partial charge in [-0.15, -0.1) is 0 Å². The number of hydrogen-bond donors (Lipinski definition) is 1. The van der Waals surface area contributed by atoms with Crippen LogP contribution in [0.3, 0.4) is 0 Å². The summed E-state index contributed by atoms with van der Waals surface area (Å²) in [7, 11) is 0. The first-order valence-corrected chi connectivity index (χ1v) is 7.26. The molecule has 0 radical (unpaired) electrons. The minimum atomic E-state index is -0.168. The van der Waals surface area contributed by atoms with E-state index >= 15 is 0 Å². The van der Waals surface area contributed by atoms with Gasteiger partial charge >= 0.3 is 0 Å². The fourth-order valence-corrected chi connectivity index (χ4v) is 2.70. The summed E-state index contributed by atoms with van der Waals surface area (Å²) in [5.74, 6) is -0.168. The molecule has 0 aromatic heterocycles. The molecule has 106 valence electrons. The predicted octanol–water partition coefficient (Wildman–Crippen LogP) is 5.28. The van der Waals surface area contributed by atoms with Gasteiger partial charge < -0.3 is 5.32 Å². The van der Waals surface area contributed by atoms with Gasteiger partial charge in [-0.25, -0.2) is 4.39 Å². The number of hydrogen-bond acceptors (Lipinski definition) is 1. The van der Waals surface area contributed by atoms with Crippen molar-refractivity contribution in [3.05, 3.63) is 70.5 Å². The van der Waals surface area contributed by atoms with Crippen LogP contribution in [0, 0.1) is 5.82 Å².